The first kappa shape index (κ1) is 26.1. The average Bonchev–Trinajstić information content (AvgIpc) is 3.23. The zero-order chi connectivity index (χ0) is 25.6. The van der Waals surface area contributed by atoms with E-state index in [0.717, 1.165) is 17.7 Å². The Kier molecular flexibility index (Phi) is 8.04. The first-order chi connectivity index (χ1) is 16.5. The Hall–Kier alpha value is -3.55. The second-order valence-corrected chi connectivity index (χ2v) is 11.3. The number of nitrogens with one attached hydrogen (secondary N) is 1. The van der Waals surface area contributed by atoms with Crippen LogP contribution in [0.1, 0.15) is 18.4 Å². The number of non-ortho nitro benzene ring substituents is 1. The van der Waals surface area contributed by atoms with E-state index in [9.17, 15) is 27.5 Å². The fraction of sp³-hybridized carbons (Fsp3) is 0.227. The summed E-state index contributed by atoms with van der Waals surface area (Å²) in [6.07, 6.45) is 2.55. The highest BCUT2D eigenvalue weighted by Gasteiger charge is 2.27. The van der Waals surface area contributed by atoms with E-state index in [2.05, 4.69) is 15.1 Å². The fourth-order valence-corrected chi connectivity index (χ4v) is 6.80. The minimum atomic E-state index is -4.38. The summed E-state index contributed by atoms with van der Waals surface area (Å²) in [4.78, 5) is 21.8. The molecule has 2 atom stereocenters. The third kappa shape index (κ3) is 6.74. The normalized spacial score (nSPS) is 17.1. The highest BCUT2D eigenvalue weighted by molar-refractivity contribution is 8.02. The predicted octanol–water partition coefficient (Wildman–Crippen LogP) is 4.01. The number of nitrogens with zero attached hydrogens (tertiary/aromatic N) is 2. The minimum absolute atomic E-state index is 0.0303. The molecule has 2 aromatic rings. The van der Waals surface area contributed by atoms with E-state index in [0.29, 0.717) is 12.8 Å². The number of nitro benzene ring substituents is 1. The van der Waals surface area contributed by atoms with Gasteiger partial charge in [-0.2, -0.15) is 8.42 Å². The van der Waals surface area contributed by atoms with Crippen molar-refractivity contribution in [1.82, 2.24) is 4.72 Å². The number of allylic oxidation sites excluding steroid dienone is 1. The topological polar surface area (TPSA) is 154 Å². The summed E-state index contributed by atoms with van der Waals surface area (Å²) in [6.45, 7) is 5.19. The second kappa shape index (κ2) is 10.8. The average molecular weight is 522 g/mol. The Balaban J connectivity index is 1.97. The van der Waals surface area contributed by atoms with Crippen LogP contribution in [0.2, 0.25) is 0 Å². The maximum atomic E-state index is 14.0. The third-order valence-corrected chi connectivity index (χ3v) is 8.85. The SMILES string of the molecule is C=CCOC(=O)OC1=C[C@@H](NS(=O)(=NS(=O)(=O)c2ccc(C)cc2)c2ccc([N+](=O)[O-])cc2)CC1. The van der Waals surface area contributed by atoms with Crippen molar-refractivity contribution in [3.05, 3.63) is 88.7 Å². The summed E-state index contributed by atoms with van der Waals surface area (Å²) in [5.41, 5.74) is 0.569. The van der Waals surface area contributed by atoms with Gasteiger partial charge in [0.05, 0.1) is 14.7 Å². The molecule has 1 aliphatic rings. The van der Waals surface area contributed by atoms with Gasteiger partial charge in [0.2, 0.25) is 0 Å². The Bertz CT molecular complexity index is 1370. The van der Waals surface area contributed by atoms with E-state index in [1.54, 1.807) is 19.1 Å². The summed E-state index contributed by atoms with van der Waals surface area (Å²) in [5.74, 6) is 0.253. The quantitative estimate of drug-likeness (QED) is 0.225. The van der Waals surface area contributed by atoms with Gasteiger partial charge < -0.3 is 9.47 Å². The zero-order valence-corrected chi connectivity index (χ0v) is 20.3. The number of aryl methyl sites for hydroxylation is 1. The number of rotatable bonds is 9. The molecule has 1 aliphatic carbocycles. The second-order valence-electron chi connectivity index (χ2n) is 7.49. The number of nitro groups is 1. The number of ether oxygens (including phenoxy) is 2. The molecule has 0 aliphatic heterocycles. The number of carbonyl (C=O) groups is 1. The standard InChI is InChI=1S/C22H23N3O8S2/c1-3-14-32-22(26)33-19-9-6-17(15-19)23-34(29,20-12-7-18(8-13-20)25(27)28)24-35(30,31)21-10-4-16(2)5-11-21/h3-5,7-8,10-13,15,17H,1,6,9,14H2,2H3,(H,23,24,29)/t17-,34?/m0/s1. The van der Waals surface area contributed by atoms with Crippen LogP contribution >= 0.6 is 0 Å². The molecular formula is C22H23N3O8S2. The molecule has 0 saturated heterocycles. The minimum Gasteiger partial charge on any atom is -0.430 e. The molecule has 1 unspecified atom stereocenters. The maximum absolute atomic E-state index is 14.0. The van der Waals surface area contributed by atoms with Crippen LogP contribution in [0.25, 0.3) is 0 Å². The summed E-state index contributed by atoms with van der Waals surface area (Å²) >= 11 is 0. The van der Waals surface area contributed by atoms with Crippen LogP contribution < -0.4 is 4.72 Å². The maximum Gasteiger partial charge on any atom is 0.513 e. The molecule has 0 fully saturated rings. The summed E-state index contributed by atoms with van der Waals surface area (Å²) in [7, 11) is -8.22. The molecule has 3 rings (SSSR count). The molecule has 186 valence electrons. The van der Waals surface area contributed by atoms with E-state index in [4.69, 9.17) is 9.47 Å². The smallest absolute Gasteiger partial charge is 0.430 e. The van der Waals surface area contributed by atoms with Crippen LogP contribution in [-0.4, -0.2) is 36.4 Å². The molecule has 11 nitrogen and oxygen atoms in total. The number of carbonyl (C=O) groups excluding carboxylic acids is 1. The van der Waals surface area contributed by atoms with Gasteiger partial charge in [0.25, 0.3) is 15.7 Å². The Morgan fingerprint density at radius 1 is 1.17 bits per heavy atom. The molecule has 0 radical (unpaired) electrons. The molecule has 0 saturated carbocycles. The van der Waals surface area contributed by atoms with Crippen molar-refractivity contribution in [1.29, 1.82) is 0 Å². The Morgan fingerprint density at radius 3 is 2.40 bits per heavy atom. The van der Waals surface area contributed by atoms with Gasteiger partial charge in [-0.05, 0) is 43.7 Å². The van der Waals surface area contributed by atoms with Crippen molar-refractivity contribution in [3.63, 3.8) is 0 Å². The number of hydrogen-bond donors (Lipinski definition) is 1. The van der Waals surface area contributed by atoms with Crippen LogP contribution in [0.3, 0.4) is 0 Å². The number of sulfonamides is 1. The molecule has 35 heavy (non-hydrogen) atoms. The highest BCUT2D eigenvalue weighted by atomic mass is 32.3. The molecular weight excluding hydrogens is 498 g/mol. The molecule has 2 aromatic carbocycles. The first-order valence-electron chi connectivity index (χ1n) is 10.3. The van der Waals surface area contributed by atoms with E-state index < -0.39 is 37.1 Å². The van der Waals surface area contributed by atoms with Crippen molar-refractivity contribution >= 4 is 31.8 Å². The molecule has 0 bridgehead atoms. The van der Waals surface area contributed by atoms with Gasteiger partial charge in [0.1, 0.15) is 12.4 Å². The summed E-state index contributed by atoms with van der Waals surface area (Å²) < 4.78 is 56.2. The monoisotopic (exact) mass is 521 g/mol. The van der Waals surface area contributed by atoms with Crippen LogP contribution in [0.15, 0.2) is 86.6 Å². The summed E-state index contributed by atoms with van der Waals surface area (Å²) in [6, 6.07) is 9.78. The van der Waals surface area contributed by atoms with E-state index in [-0.39, 0.29) is 27.8 Å². The van der Waals surface area contributed by atoms with Gasteiger partial charge in [-0.1, -0.05) is 34.1 Å². The molecule has 0 spiro atoms. The Labute approximate surface area is 203 Å². The predicted molar refractivity (Wildman–Crippen MR) is 127 cm³/mol. The lowest BCUT2D eigenvalue weighted by molar-refractivity contribution is -0.384. The van der Waals surface area contributed by atoms with Crippen LogP contribution in [0.4, 0.5) is 10.5 Å². The highest BCUT2D eigenvalue weighted by Crippen LogP contribution is 2.26. The molecule has 13 heteroatoms. The van der Waals surface area contributed by atoms with E-state index in [1.165, 1.54) is 36.4 Å². The van der Waals surface area contributed by atoms with E-state index >= 15 is 0 Å². The Morgan fingerprint density at radius 2 is 1.80 bits per heavy atom. The molecule has 0 aromatic heterocycles. The lowest BCUT2D eigenvalue weighted by Crippen LogP contribution is -2.32. The van der Waals surface area contributed by atoms with E-state index in [1.807, 2.05) is 0 Å². The van der Waals surface area contributed by atoms with Gasteiger partial charge in [-0.15, -0.1) is 0 Å². The van der Waals surface area contributed by atoms with Crippen molar-refractivity contribution < 1.29 is 31.8 Å². The van der Waals surface area contributed by atoms with Gasteiger partial charge in [-0.25, -0.2) is 13.7 Å². The van der Waals surface area contributed by atoms with Crippen molar-refractivity contribution in [3.8, 4) is 0 Å². The lowest BCUT2D eigenvalue weighted by Gasteiger charge is -2.16. The number of benzene rings is 2. The van der Waals surface area contributed by atoms with Crippen molar-refractivity contribution in [2.24, 2.45) is 3.77 Å². The summed E-state index contributed by atoms with van der Waals surface area (Å²) in [5, 5.41) is 11.0. The van der Waals surface area contributed by atoms with Crippen LogP contribution in [0, 0.1) is 17.0 Å². The molecule has 1 N–H and O–H groups in total. The first-order valence-corrected chi connectivity index (χ1v) is 13.3. The van der Waals surface area contributed by atoms with Gasteiger partial charge in [0, 0.05) is 24.6 Å². The lowest BCUT2D eigenvalue weighted by atomic mass is 10.2. The van der Waals surface area contributed by atoms with Crippen LogP contribution in [-0.2, 0) is 29.4 Å². The van der Waals surface area contributed by atoms with Crippen molar-refractivity contribution in [2.75, 3.05) is 6.61 Å². The van der Waals surface area contributed by atoms with Crippen LogP contribution in [0.5, 0.6) is 0 Å². The third-order valence-electron chi connectivity index (χ3n) is 4.82. The molecule has 0 amide bonds. The van der Waals surface area contributed by atoms with Gasteiger partial charge in [0.15, 0.2) is 9.92 Å². The fourth-order valence-electron chi connectivity index (χ4n) is 3.11. The zero-order valence-electron chi connectivity index (χ0n) is 18.7. The molecule has 0 heterocycles. The van der Waals surface area contributed by atoms with Crippen molar-refractivity contribution in [2.45, 2.75) is 35.6 Å². The van der Waals surface area contributed by atoms with Gasteiger partial charge in [-0.3, -0.25) is 10.1 Å². The van der Waals surface area contributed by atoms with Gasteiger partial charge >= 0.3 is 6.16 Å². The largest absolute Gasteiger partial charge is 0.513 e. The number of hydrogen-bond acceptors (Lipinski definition) is 8.